The Morgan fingerprint density at radius 1 is 1.38 bits per heavy atom. The molecule has 0 saturated heterocycles. The molecule has 0 heterocycles. The summed E-state index contributed by atoms with van der Waals surface area (Å²) < 4.78 is 25.2. The van der Waals surface area contributed by atoms with Crippen molar-refractivity contribution in [1.82, 2.24) is 4.72 Å². The number of sulfonamides is 1. The Balaban J connectivity index is 4.11. The van der Waals surface area contributed by atoms with Crippen molar-refractivity contribution in [2.75, 3.05) is 11.6 Å². The average Bonchev–Trinajstić information content (AvgIpc) is 2.01. The van der Waals surface area contributed by atoms with Crippen molar-refractivity contribution >= 4 is 21.6 Å². The SMILES string of the molecule is CCCS(=O)(=O)NC(C)C(C)CCl. The molecule has 0 aromatic rings. The Morgan fingerprint density at radius 3 is 2.31 bits per heavy atom. The van der Waals surface area contributed by atoms with Crippen LogP contribution in [0.5, 0.6) is 0 Å². The van der Waals surface area contributed by atoms with Crippen LogP contribution < -0.4 is 4.72 Å². The van der Waals surface area contributed by atoms with Crippen molar-refractivity contribution < 1.29 is 8.42 Å². The summed E-state index contributed by atoms with van der Waals surface area (Å²) in [5, 5.41) is 0. The molecule has 0 aliphatic heterocycles. The predicted octanol–water partition coefficient (Wildman–Crippen LogP) is 1.58. The number of halogens is 1. The third-order valence-electron chi connectivity index (χ3n) is 1.94. The van der Waals surface area contributed by atoms with E-state index in [1.54, 1.807) is 0 Å². The lowest BCUT2D eigenvalue weighted by molar-refractivity contribution is 0.480. The first-order valence-electron chi connectivity index (χ1n) is 4.49. The van der Waals surface area contributed by atoms with E-state index >= 15 is 0 Å². The van der Waals surface area contributed by atoms with Crippen molar-refractivity contribution in [1.29, 1.82) is 0 Å². The third-order valence-corrected chi connectivity index (χ3v) is 4.10. The van der Waals surface area contributed by atoms with E-state index in [1.807, 2.05) is 20.8 Å². The van der Waals surface area contributed by atoms with E-state index in [-0.39, 0.29) is 17.7 Å². The Kier molecular flexibility index (Phi) is 5.92. The minimum Gasteiger partial charge on any atom is -0.212 e. The van der Waals surface area contributed by atoms with E-state index in [4.69, 9.17) is 11.6 Å². The van der Waals surface area contributed by atoms with E-state index in [2.05, 4.69) is 4.72 Å². The standard InChI is InChI=1S/C8H18ClNO2S/c1-4-5-13(11,12)10-8(3)7(2)6-9/h7-8,10H,4-6H2,1-3H3. The van der Waals surface area contributed by atoms with Crippen LogP contribution in [0.15, 0.2) is 0 Å². The molecule has 0 saturated carbocycles. The summed E-state index contributed by atoms with van der Waals surface area (Å²) in [5.74, 6) is 0.815. The van der Waals surface area contributed by atoms with Crippen LogP contribution in [-0.2, 0) is 10.0 Å². The maximum absolute atomic E-state index is 11.3. The van der Waals surface area contributed by atoms with Gasteiger partial charge in [0.05, 0.1) is 5.75 Å². The van der Waals surface area contributed by atoms with Gasteiger partial charge in [-0.05, 0) is 19.3 Å². The first-order valence-corrected chi connectivity index (χ1v) is 6.67. The van der Waals surface area contributed by atoms with Gasteiger partial charge in [0.15, 0.2) is 0 Å². The summed E-state index contributed by atoms with van der Waals surface area (Å²) in [6.45, 7) is 5.60. The van der Waals surface area contributed by atoms with Crippen LogP contribution in [-0.4, -0.2) is 26.1 Å². The topological polar surface area (TPSA) is 46.2 Å². The highest BCUT2D eigenvalue weighted by Crippen LogP contribution is 2.06. The van der Waals surface area contributed by atoms with E-state index in [0.717, 1.165) is 0 Å². The molecule has 13 heavy (non-hydrogen) atoms. The van der Waals surface area contributed by atoms with Gasteiger partial charge >= 0.3 is 0 Å². The van der Waals surface area contributed by atoms with Crippen LogP contribution in [0.1, 0.15) is 27.2 Å². The van der Waals surface area contributed by atoms with Crippen LogP contribution in [0.25, 0.3) is 0 Å². The molecule has 0 radical (unpaired) electrons. The number of alkyl halides is 1. The van der Waals surface area contributed by atoms with Crippen LogP contribution in [0.3, 0.4) is 0 Å². The molecule has 1 N–H and O–H groups in total. The lowest BCUT2D eigenvalue weighted by atomic mass is 10.1. The molecule has 0 spiro atoms. The van der Waals surface area contributed by atoms with E-state index in [1.165, 1.54) is 0 Å². The third kappa shape index (κ3) is 5.49. The summed E-state index contributed by atoms with van der Waals surface area (Å²) in [7, 11) is -3.09. The van der Waals surface area contributed by atoms with Crippen molar-refractivity contribution in [2.24, 2.45) is 5.92 Å². The van der Waals surface area contributed by atoms with E-state index in [0.29, 0.717) is 12.3 Å². The molecular weight excluding hydrogens is 210 g/mol. The number of hydrogen-bond acceptors (Lipinski definition) is 2. The summed E-state index contributed by atoms with van der Waals surface area (Å²) >= 11 is 5.62. The molecule has 80 valence electrons. The molecule has 2 atom stereocenters. The zero-order valence-electron chi connectivity index (χ0n) is 8.38. The molecule has 0 amide bonds. The Bertz CT molecular complexity index is 228. The number of rotatable bonds is 6. The van der Waals surface area contributed by atoms with Gasteiger partial charge in [-0.2, -0.15) is 0 Å². The zero-order chi connectivity index (χ0) is 10.5. The van der Waals surface area contributed by atoms with Gasteiger partial charge in [-0.15, -0.1) is 11.6 Å². The summed E-state index contributed by atoms with van der Waals surface area (Å²) in [6, 6.07) is -0.0888. The van der Waals surface area contributed by atoms with Crippen molar-refractivity contribution in [2.45, 2.75) is 33.2 Å². The molecule has 2 unspecified atom stereocenters. The van der Waals surface area contributed by atoms with Gasteiger partial charge in [0.2, 0.25) is 10.0 Å². The van der Waals surface area contributed by atoms with Gasteiger partial charge in [-0.3, -0.25) is 0 Å². The Labute approximate surface area is 85.9 Å². The Morgan fingerprint density at radius 2 is 1.92 bits per heavy atom. The Hall–Kier alpha value is 0.200. The maximum atomic E-state index is 11.3. The molecule has 0 aliphatic rings. The molecule has 5 heteroatoms. The first kappa shape index (κ1) is 13.2. The van der Waals surface area contributed by atoms with Crippen LogP contribution >= 0.6 is 11.6 Å². The molecular formula is C8H18ClNO2S. The molecule has 0 bridgehead atoms. The molecule has 0 fully saturated rings. The molecule has 0 aliphatic carbocycles. The molecule has 3 nitrogen and oxygen atoms in total. The fourth-order valence-corrected chi connectivity index (χ4v) is 2.58. The highest BCUT2D eigenvalue weighted by Gasteiger charge is 2.17. The lowest BCUT2D eigenvalue weighted by Gasteiger charge is -2.18. The minimum absolute atomic E-state index is 0.0888. The summed E-state index contributed by atoms with van der Waals surface area (Å²) in [4.78, 5) is 0. The monoisotopic (exact) mass is 227 g/mol. The fraction of sp³-hybridized carbons (Fsp3) is 1.00. The highest BCUT2D eigenvalue weighted by molar-refractivity contribution is 7.89. The van der Waals surface area contributed by atoms with E-state index < -0.39 is 10.0 Å². The molecule has 0 aromatic carbocycles. The zero-order valence-corrected chi connectivity index (χ0v) is 9.95. The average molecular weight is 228 g/mol. The van der Waals surface area contributed by atoms with Crippen LogP contribution in [0.2, 0.25) is 0 Å². The second-order valence-corrected chi connectivity index (χ2v) is 5.54. The quantitative estimate of drug-likeness (QED) is 0.701. The van der Waals surface area contributed by atoms with E-state index in [9.17, 15) is 8.42 Å². The van der Waals surface area contributed by atoms with Crippen LogP contribution in [0.4, 0.5) is 0 Å². The van der Waals surface area contributed by atoms with Gasteiger partial charge in [-0.25, -0.2) is 13.1 Å². The number of nitrogens with one attached hydrogen (secondary N) is 1. The highest BCUT2D eigenvalue weighted by atomic mass is 35.5. The fourth-order valence-electron chi connectivity index (χ4n) is 0.861. The summed E-state index contributed by atoms with van der Waals surface area (Å²) in [5.41, 5.74) is 0. The van der Waals surface area contributed by atoms with Gasteiger partial charge in [0, 0.05) is 11.9 Å². The predicted molar refractivity (Wildman–Crippen MR) is 56.6 cm³/mol. The normalized spacial score (nSPS) is 16.9. The smallest absolute Gasteiger partial charge is 0.211 e. The van der Waals surface area contributed by atoms with Crippen molar-refractivity contribution in [3.63, 3.8) is 0 Å². The van der Waals surface area contributed by atoms with Crippen LogP contribution in [0, 0.1) is 5.92 Å². The lowest BCUT2D eigenvalue weighted by Crippen LogP contribution is -2.38. The second kappa shape index (κ2) is 5.83. The summed E-state index contributed by atoms with van der Waals surface area (Å²) in [6.07, 6.45) is 0.636. The number of hydrogen-bond donors (Lipinski definition) is 1. The maximum Gasteiger partial charge on any atom is 0.211 e. The van der Waals surface area contributed by atoms with Gasteiger partial charge in [-0.1, -0.05) is 13.8 Å². The minimum atomic E-state index is -3.09. The van der Waals surface area contributed by atoms with Gasteiger partial charge in [0.25, 0.3) is 0 Å². The second-order valence-electron chi connectivity index (χ2n) is 3.36. The largest absolute Gasteiger partial charge is 0.212 e. The molecule has 0 aromatic heterocycles. The van der Waals surface area contributed by atoms with Gasteiger partial charge in [0.1, 0.15) is 0 Å². The van der Waals surface area contributed by atoms with Crippen molar-refractivity contribution in [3.05, 3.63) is 0 Å². The van der Waals surface area contributed by atoms with Gasteiger partial charge < -0.3 is 0 Å². The molecule has 0 rings (SSSR count). The van der Waals surface area contributed by atoms with Crippen molar-refractivity contribution in [3.8, 4) is 0 Å². The first-order chi connectivity index (χ1) is 5.93.